The molecule has 8 heteroatoms. The van der Waals surface area contributed by atoms with Crippen LogP contribution in [0.15, 0.2) is 27.0 Å². The molecule has 0 amide bonds. The third-order valence-electron chi connectivity index (χ3n) is 6.01. The first-order valence-corrected chi connectivity index (χ1v) is 10.8. The third-order valence-corrected chi connectivity index (χ3v) is 6.01. The van der Waals surface area contributed by atoms with Crippen molar-refractivity contribution in [1.29, 1.82) is 0 Å². The molecule has 2 unspecified atom stereocenters. The Bertz CT molecular complexity index is 777. The van der Waals surface area contributed by atoms with Crippen LogP contribution in [0.25, 0.3) is 0 Å². The molecule has 2 atom stereocenters. The lowest BCUT2D eigenvalue weighted by Crippen LogP contribution is -2.53. The Labute approximate surface area is 170 Å². The number of aromatic nitrogens is 3. The highest BCUT2D eigenvalue weighted by Crippen LogP contribution is 2.34. The summed E-state index contributed by atoms with van der Waals surface area (Å²) < 4.78 is 11.9. The Kier molecular flexibility index (Phi) is 7.66. The predicted octanol–water partition coefficient (Wildman–Crippen LogP) is 2.19. The Hall–Kier alpha value is -1.93. The van der Waals surface area contributed by atoms with Crippen molar-refractivity contribution in [2.45, 2.75) is 88.4 Å². The number of nitrogens with zero attached hydrogens (tertiary/aromatic N) is 1. The van der Waals surface area contributed by atoms with E-state index >= 15 is 0 Å². The molecule has 8 nitrogen and oxygen atoms in total. The van der Waals surface area contributed by atoms with E-state index in [4.69, 9.17) is 9.47 Å². The van der Waals surface area contributed by atoms with Crippen LogP contribution in [0.1, 0.15) is 70.6 Å². The average molecular weight is 408 g/mol. The zero-order valence-corrected chi connectivity index (χ0v) is 17.1. The Morgan fingerprint density at radius 1 is 0.897 bits per heavy atom. The second-order valence-corrected chi connectivity index (χ2v) is 8.33. The van der Waals surface area contributed by atoms with Crippen molar-refractivity contribution in [3.05, 3.63) is 44.1 Å². The molecule has 0 aliphatic carbocycles. The lowest BCUT2D eigenvalue weighted by Gasteiger charge is -2.35. The molecule has 0 saturated carbocycles. The van der Waals surface area contributed by atoms with Crippen LogP contribution in [-0.2, 0) is 15.0 Å². The first-order chi connectivity index (χ1) is 14.0. The largest absolute Gasteiger partial charge is 0.373 e. The molecule has 0 radical (unpaired) electrons. The van der Waals surface area contributed by atoms with Gasteiger partial charge < -0.3 is 9.47 Å². The third kappa shape index (κ3) is 6.54. The Morgan fingerprint density at radius 2 is 1.38 bits per heavy atom. The number of hydrogen-bond acceptors (Lipinski definition) is 5. The van der Waals surface area contributed by atoms with Crippen LogP contribution < -0.4 is 17.1 Å². The molecule has 0 spiro atoms. The molecule has 2 fully saturated rings. The Balaban J connectivity index is 1.80. The van der Waals surface area contributed by atoms with Crippen molar-refractivity contribution in [1.82, 2.24) is 14.5 Å². The summed E-state index contributed by atoms with van der Waals surface area (Å²) in [7, 11) is 0. The fourth-order valence-electron chi connectivity index (χ4n) is 4.27. The van der Waals surface area contributed by atoms with E-state index in [1.807, 2.05) is 6.08 Å². The quantitative estimate of drug-likeness (QED) is 0.263. The highest BCUT2D eigenvalue weighted by atomic mass is 16.6. The lowest BCUT2D eigenvalue weighted by atomic mass is 9.81. The fraction of sp³-hybridized carbons (Fsp3) is 0.762. The normalized spacial score (nSPS) is 22.2. The zero-order chi connectivity index (χ0) is 20.7. The molecule has 3 rings (SSSR count). The van der Waals surface area contributed by atoms with E-state index in [1.165, 1.54) is 4.57 Å². The molecule has 3 heterocycles. The SMILES string of the molecule is C=CCCCC(CCCCC1CO1)(CCCCC1CO1)n1c(=O)[nH]c(=O)[nH]c1=O. The highest BCUT2D eigenvalue weighted by molar-refractivity contribution is 4.91. The molecule has 2 N–H and O–H groups in total. The van der Waals surface area contributed by atoms with Gasteiger partial charge in [-0.25, -0.2) is 19.0 Å². The monoisotopic (exact) mass is 407 g/mol. The van der Waals surface area contributed by atoms with E-state index in [-0.39, 0.29) is 0 Å². The Morgan fingerprint density at radius 3 is 1.83 bits per heavy atom. The van der Waals surface area contributed by atoms with Gasteiger partial charge in [0.15, 0.2) is 0 Å². The summed E-state index contributed by atoms with van der Waals surface area (Å²) >= 11 is 0. The molecule has 0 bridgehead atoms. The second-order valence-electron chi connectivity index (χ2n) is 8.33. The predicted molar refractivity (Wildman–Crippen MR) is 110 cm³/mol. The van der Waals surface area contributed by atoms with Gasteiger partial charge in [0.25, 0.3) is 0 Å². The molecule has 162 valence electrons. The average Bonchev–Trinajstić information content (AvgIpc) is 3.57. The van der Waals surface area contributed by atoms with Crippen LogP contribution in [0.3, 0.4) is 0 Å². The maximum absolute atomic E-state index is 12.7. The van der Waals surface area contributed by atoms with E-state index in [0.29, 0.717) is 18.6 Å². The van der Waals surface area contributed by atoms with Crippen LogP contribution in [0.5, 0.6) is 0 Å². The number of hydrogen-bond donors (Lipinski definition) is 2. The molecular weight excluding hydrogens is 374 g/mol. The van der Waals surface area contributed by atoms with E-state index in [0.717, 1.165) is 77.4 Å². The summed E-state index contributed by atoms with van der Waals surface area (Å²) in [6.07, 6.45) is 12.3. The molecule has 1 aromatic heterocycles. The van der Waals surface area contributed by atoms with E-state index in [9.17, 15) is 14.4 Å². The summed E-state index contributed by atoms with van der Waals surface area (Å²) in [6, 6.07) is 0. The topological polar surface area (TPSA) is 113 Å². The standard InChI is InChI=1S/C21H33N3O5/c1-2-3-6-11-21(12-7-4-9-16-14-28-16,13-8-5-10-17-15-29-17)24-19(26)22-18(25)23-20(24)27/h2,16-17H,1,3-15H2,(H2,22,23,25,26,27). The number of ether oxygens (including phenoxy) is 2. The van der Waals surface area contributed by atoms with Crippen molar-refractivity contribution < 1.29 is 9.47 Å². The molecular formula is C21H33N3O5. The van der Waals surface area contributed by atoms with Gasteiger partial charge in [0, 0.05) is 0 Å². The van der Waals surface area contributed by atoms with Gasteiger partial charge in [-0.05, 0) is 44.9 Å². The summed E-state index contributed by atoms with van der Waals surface area (Å²) in [6.45, 7) is 5.47. The van der Waals surface area contributed by atoms with Crippen molar-refractivity contribution >= 4 is 0 Å². The van der Waals surface area contributed by atoms with Gasteiger partial charge in [0.2, 0.25) is 0 Å². The number of H-pyrrole nitrogens is 2. The number of nitrogens with one attached hydrogen (secondary N) is 2. The molecule has 1 aromatic rings. The van der Waals surface area contributed by atoms with Gasteiger partial charge in [-0.15, -0.1) is 6.58 Å². The summed E-state index contributed by atoms with van der Waals surface area (Å²) in [5.74, 6) is 0. The van der Waals surface area contributed by atoms with Gasteiger partial charge in [-0.2, -0.15) is 0 Å². The van der Waals surface area contributed by atoms with E-state index in [2.05, 4.69) is 16.5 Å². The van der Waals surface area contributed by atoms with E-state index in [1.54, 1.807) is 0 Å². The number of allylic oxidation sites excluding steroid dienone is 1. The minimum atomic E-state index is -0.756. The summed E-state index contributed by atoms with van der Waals surface area (Å²) in [5, 5.41) is 0. The van der Waals surface area contributed by atoms with Gasteiger partial charge in [0.05, 0.1) is 31.0 Å². The number of unbranched alkanes of at least 4 members (excludes halogenated alkanes) is 3. The zero-order valence-electron chi connectivity index (χ0n) is 17.1. The van der Waals surface area contributed by atoms with Crippen molar-refractivity contribution in [2.24, 2.45) is 0 Å². The maximum atomic E-state index is 12.7. The first-order valence-electron chi connectivity index (χ1n) is 10.8. The van der Waals surface area contributed by atoms with Gasteiger partial charge >= 0.3 is 17.1 Å². The van der Waals surface area contributed by atoms with Gasteiger partial charge in [-0.1, -0.05) is 31.8 Å². The maximum Gasteiger partial charge on any atom is 0.334 e. The molecule has 0 aromatic carbocycles. The molecule has 2 aliphatic rings. The smallest absolute Gasteiger partial charge is 0.334 e. The van der Waals surface area contributed by atoms with Gasteiger partial charge in [-0.3, -0.25) is 9.97 Å². The lowest BCUT2D eigenvalue weighted by molar-refractivity contribution is 0.182. The first kappa shape index (κ1) is 21.8. The van der Waals surface area contributed by atoms with Crippen molar-refractivity contribution in [3.8, 4) is 0 Å². The number of epoxide rings is 2. The molecule has 2 saturated heterocycles. The van der Waals surface area contributed by atoms with Gasteiger partial charge in [0.1, 0.15) is 0 Å². The minimum Gasteiger partial charge on any atom is -0.373 e. The number of aromatic amines is 2. The molecule has 29 heavy (non-hydrogen) atoms. The summed E-state index contributed by atoms with van der Waals surface area (Å²) in [4.78, 5) is 41.4. The summed E-state index contributed by atoms with van der Waals surface area (Å²) in [5.41, 5.74) is -2.60. The number of rotatable bonds is 15. The van der Waals surface area contributed by atoms with Crippen molar-refractivity contribution in [3.63, 3.8) is 0 Å². The highest BCUT2D eigenvalue weighted by Gasteiger charge is 2.35. The van der Waals surface area contributed by atoms with Crippen LogP contribution in [0.2, 0.25) is 0 Å². The van der Waals surface area contributed by atoms with Crippen LogP contribution in [-0.4, -0.2) is 40.0 Å². The minimum absolute atomic E-state index is 0.378. The fourth-order valence-corrected chi connectivity index (χ4v) is 4.27. The molecule has 2 aliphatic heterocycles. The van der Waals surface area contributed by atoms with Crippen molar-refractivity contribution in [2.75, 3.05) is 13.2 Å². The van der Waals surface area contributed by atoms with Crippen LogP contribution in [0.4, 0.5) is 0 Å². The van der Waals surface area contributed by atoms with Crippen LogP contribution in [0, 0.1) is 0 Å². The van der Waals surface area contributed by atoms with Crippen LogP contribution >= 0.6 is 0 Å². The van der Waals surface area contributed by atoms with E-state index < -0.39 is 22.6 Å². The second kappa shape index (κ2) is 10.2.